The summed E-state index contributed by atoms with van der Waals surface area (Å²) in [5.41, 5.74) is 7.45. The molecule has 0 bridgehead atoms. The average Bonchev–Trinajstić information content (AvgIpc) is 3.18. The third-order valence-corrected chi connectivity index (χ3v) is 11.8. The predicted molar refractivity (Wildman–Crippen MR) is 231 cm³/mol. The van der Waals surface area contributed by atoms with Crippen LogP contribution in [-0.4, -0.2) is 88.8 Å². The fourth-order valence-electron chi connectivity index (χ4n) is 5.79. The zero-order chi connectivity index (χ0) is 37.0. The van der Waals surface area contributed by atoms with E-state index in [1.165, 1.54) is 45.1 Å². The number of hydrogen-bond donors (Lipinski definition) is 0. The minimum Gasteiger partial charge on any atom is -0.375 e. The molecule has 6 nitrogen and oxygen atoms in total. The first kappa shape index (κ1) is 41.2. The topological polar surface area (TPSA) is 20.7 Å². The molecule has 0 aliphatic rings. The van der Waals surface area contributed by atoms with Gasteiger partial charge in [0.1, 0.15) is 13.1 Å². The molecule has 0 saturated carbocycles. The molecule has 52 heavy (non-hydrogen) atoms. The van der Waals surface area contributed by atoms with Crippen LogP contribution < -0.4 is 18.9 Å². The van der Waals surface area contributed by atoms with Gasteiger partial charge in [-0.25, -0.2) is 9.13 Å². The lowest BCUT2D eigenvalue weighted by atomic mass is 10.1. The van der Waals surface area contributed by atoms with Crippen molar-refractivity contribution in [2.24, 2.45) is 0 Å². The van der Waals surface area contributed by atoms with E-state index in [-0.39, 0.29) is 0 Å². The number of pyridine rings is 2. The third kappa shape index (κ3) is 15.2. The molecule has 0 fully saturated rings. The highest BCUT2D eigenvalue weighted by atomic mass is 33.1. The zero-order valence-electron chi connectivity index (χ0n) is 32.5. The number of anilines is 2. The van der Waals surface area contributed by atoms with Crippen molar-refractivity contribution < 1.29 is 9.13 Å². The van der Waals surface area contributed by atoms with Crippen LogP contribution >= 0.6 is 21.6 Å². The van der Waals surface area contributed by atoms with E-state index in [1.807, 2.05) is 21.6 Å². The summed E-state index contributed by atoms with van der Waals surface area (Å²) in [5.74, 6) is 2.34. The van der Waals surface area contributed by atoms with Crippen molar-refractivity contribution in [1.82, 2.24) is 9.80 Å². The van der Waals surface area contributed by atoms with Crippen molar-refractivity contribution in [3.8, 4) is 0 Å². The maximum atomic E-state index is 2.47. The van der Waals surface area contributed by atoms with Gasteiger partial charge in [-0.2, -0.15) is 0 Å². The lowest BCUT2D eigenvalue weighted by molar-refractivity contribution is -0.693. The van der Waals surface area contributed by atoms with E-state index in [0.717, 1.165) is 65.2 Å². The number of aromatic nitrogens is 2. The Hall–Kier alpha value is -3.56. The van der Waals surface area contributed by atoms with Crippen molar-refractivity contribution in [3.63, 3.8) is 0 Å². The van der Waals surface area contributed by atoms with Gasteiger partial charge < -0.3 is 19.6 Å². The van der Waals surface area contributed by atoms with Crippen LogP contribution in [-0.2, 0) is 13.1 Å². The number of benzene rings is 2. The molecule has 0 atom stereocenters. The molecule has 0 amide bonds. The molecule has 0 aliphatic carbocycles. The Morgan fingerprint density at radius 3 is 1.10 bits per heavy atom. The Balaban J connectivity index is 0.998. The van der Waals surface area contributed by atoms with Gasteiger partial charge in [0.05, 0.1) is 0 Å². The van der Waals surface area contributed by atoms with Gasteiger partial charge in [-0.3, -0.25) is 0 Å². The Morgan fingerprint density at radius 1 is 0.442 bits per heavy atom. The predicted octanol–water partition coefficient (Wildman–Crippen LogP) is 8.24. The molecule has 0 aliphatic heterocycles. The van der Waals surface area contributed by atoms with Crippen LogP contribution in [0.4, 0.5) is 11.4 Å². The third-order valence-electron chi connectivity index (χ3n) is 9.43. The first-order valence-corrected chi connectivity index (χ1v) is 21.4. The second kappa shape index (κ2) is 23.2. The van der Waals surface area contributed by atoms with Crippen LogP contribution in [0.5, 0.6) is 0 Å². The van der Waals surface area contributed by atoms with Gasteiger partial charge in [0.2, 0.25) is 0 Å². The summed E-state index contributed by atoms with van der Waals surface area (Å²) in [4.78, 5) is 9.68. The van der Waals surface area contributed by atoms with Crippen molar-refractivity contribution in [2.75, 3.05) is 88.8 Å². The van der Waals surface area contributed by atoms with E-state index in [4.69, 9.17) is 0 Å². The number of aryl methyl sites for hydroxylation is 2. The lowest BCUT2D eigenvalue weighted by Crippen LogP contribution is -2.30. The van der Waals surface area contributed by atoms with Gasteiger partial charge in [0, 0.05) is 87.4 Å². The van der Waals surface area contributed by atoms with Gasteiger partial charge in [-0.05, 0) is 100 Å². The van der Waals surface area contributed by atoms with Crippen LogP contribution in [0.3, 0.4) is 0 Å². The summed E-state index contributed by atoms with van der Waals surface area (Å²) in [6, 6.07) is 26.4. The summed E-state index contributed by atoms with van der Waals surface area (Å²) in [6.45, 7) is 12.9. The molecular weight excluding hydrogens is 677 g/mol. The molecule has 2 aromatic carbocycles. The van der Waals surface area contributed by atoms with Gasteiger partial charge in [0.25, 0.3) is 0 Å². The highest BCUT2D eigenvalue weighted by Crippen LogP contribution is 2.21. The fraction of sp³-hybridized carbons (Fsp3) is 0.409. The largest absolute Gasteiger partial charge is 0.375 e. The molecule has 0 saturated heterocycles. The van der Waals surface area contributed by atoms with Crippen LogP contribution in [0.1, 0.15) is 48.9 Å². The van der Waals surface area contributed by atoms with E-state index in [9.17, 15) is 0 Å². The molecule has 8 heteroatoms. The van der Waals surface area contributed by atoms with Crippen LogP contribution in [0.2, 0.25) is 0 Å². The Bertz CT molecular complexity index is 1480. The molecule has 0 spiro atoms. The minimum atomic E-state index is 0.998. The van der Waals surface area contributed by atoms with Gasteiger partial charge in [-0.1, -0.05) is 70.2 Å². The minimum absolute atomic E-state index is 0.998. The molecule has 2 heterocycles. The summed E-state index contributed by atoms with van der Waals surface area (Å²) in [7, 11) is 12.9. The molecule has 4 rings (SSSR count). The second-order valence-electron chi connectivity index (χ2n) is 13.6. The Kier molecular flexibility index (Phi) is 18.4. The summed E-state index contributed by atoms with van der Waals surface area (Å²) < 4.78 is 4.35. The SMILES string of the molecule is CC[n+]1ccc(/C=C/c2ccc(N(C)CCCN(C)CCSSCCN(C)CCCN(C)c3ccc(/C=C/c4cc[n+](CC)cc4)cc3)cc2)cc1. The normalized spacial score (nSPS) is 11.8. The molecule has 0 unspecified atom stereocenters. The molecule has 0 radical (unpaired) electrons. The standard InChI is InChI=1S/C44H62N6S2/c1-7-49-31-23-41(24-32-49)13-11-39-15-19-43(20-16-39)47(5)29-9-27-45(3)35-37-51-52-38-36-46(4)28-10-30-48(6)44-21-17-40(18-22-44)12-14-42-25-33-50(8-2)34-26-42/h11-26,31-34H,7-10,27-30,35-38H2,1-6H3/q+2. The van der Waals surface area contributed by atoms with Crippen molar-refractivity contribution in [1.29, 1.82) is 0 Å². The van der Waals surface area contributed by atoms with E-state index in [1.54, 1.807) is 0 Å². The van der Waals surface area contributed by atoms with Gasteiger partial charge in [-0.15, -0.1) is 0 Å². The average molecular weight is 739 g/mol. The Morgan fingerprint density at radius 2 is 0.769 bits per heavy atom. The molecule has 0 N–H and O–H groups in total. The molecule has 4 aromatic rings. The van der Waals surface area contributed by atoms with E-state index >= 15 is 0 Å². The maximum Gasteiger partial charge on any atom is 0.169 e. The first-order chi connectivity index (χ1) is 25.3. The number of hydrogen-bond acceptors (Lipinski definition) is 6. The van der Waals surface area contributed by atoms with E-state index < -0.39 is 0 Å². The van der Waals surface area contributed by atoms with Crippen molar-refractivity contribution >= 4 is 57.3 Å². The van der Waals surface area contributed by atoms with Crippen molar-refractivity contribution in [2.45, 2.75) is 39.8 Å². The number of rotatable bonds is 23. The summed E-state index contributed by atoms with van der Waals surface area (Å²) >= 11 is 0. The first-order valence-electron chi connectivity index (χ1n) is 18.9. The molecular formula is C44H62N6S2+2. The smallest absolute Gasteiger partial charge is 0.169 e. The highest BCUT2D eigenvalue weighted by Gasteiger charge is 2.06. The molecule has 2 aromatic heterocycles. The zero-order valence-corrected chi connectivity index (χ0v) is 34.2. The summed E-state index contributed by atoms with van der Waals surface area (Å²) in [6.07, 6.45) is 19.6. The maximum absolute atomic E-state index is 2.47. The Labute approximate surface area is 323 Å². The van der Waals surface area contributed by atoms with Crippen LogP contribution in [0.25, 0.3) is 24.3 Å². The van der Waals surface area contributed by atoms with Gasteiger partial charge >= 0.3 is 0 Å². The second-order valence-corrected chi connectivity index (χ2v) is 16.3. The van der Waals surface area contributed by atoms with Crippen molar-refractivity contribution in [3.05, 3.63) is 120 Å². The quantitative estimate of drug-likeness (QED) is 0.0431. The number of nitrogens with zero attached hydrogens (tertiary/aromatic N) is 6. The van der Waals surface area contributed by atoms with Crippen LogP contribution in [0, 0.1) is 0 Å². The molecule has 278 valence electrons. The monoisotopic (exact) mass is 738 g/mol. The fourth-order valence-corrected chi connectivity index (χ4v) is 7.95. The van der Waals surface area contributed by atoms with Crippen LogP contribution in [0.15, 0.2) is 97.6 Å². The summed E-state index contributed by atoms with van der Waals surface area (Å²) in [5, 5.41) is 0. The lowest BCUT2D eigenvalue weighted by Gasteiger charge is -2.22. The highest BCUT2D eigenvalue weighted by molar-refractivity contribution is 8.76. The van der Waals surface area contributed by atoms with E-state index in [0.29, 0.717) is 0 Å². The van der Waals surface area contributed by atoms with Gasteiger partial charge in [0.15, 0.2) is 24.8 Å². The van der Waals surface area contributed by atoms with E-state index in [2.05, 4.69) is 193 Å².